The molecule has 6 nitrogen and oxygen atoms in total. The van der Waals surface area contributed by atoms with E-state index in [0.29, 0.717) is 24.4 Å². The summed E-state index contributed by atoms with van der Waals surface area (Å²) in [5.74, 6) is 0.676. The molecule has 2 aromatic carbocycles. The van der Waals surface area contributed by atoms with Gasteiger partial charge in [0, 0.05) is 50.9 Å². The van der Waals surface area contributed by atoms with Crippen molar-refractivity contribution < 1.29 is 14.3 Å². The molecule has 0 unspecified atom stereocenters. The van der Waals surface area contributed by atoms with Crippen LogP contribution in [0, 0.1) is 0 Å². The van der Waals surface area contributed by atoms with Gasteiger partial charge in [0.25, 0.3) is 5.91 Å². The van der Waals surface area contributed by atoms with E-state index in [2.05, 4.69) is 10.2 Å². The number of nitrogens with zero attached hydrogens (tertiary/aromatic N) is 2. The number of nitrogens with one attached hydrogen (secondary N) is 1. The summed E-state index contributed by atoms with van der Waals surface area (Å²) >= 11 is 0. The molecule has 1 N–H and O–H groups in total. The van der Waals surface area contributed by atoms with Crippen molar-refractivity contribution >= 4 is 17.5 Å². The van der Waals surface area contributed by atoms with E-state index in [4.69, 9.17) is 4.74 Å². The summed E-state index contributed by atoms with van der Waals surface area (Å²) in [4.78, 5) is 28.0. The minimum atomic E-state index is -0.0698. The molecule has 142 valence electrons. The molecule has 0 aromatic heterocycles. The van der Waals surface area contributed by atoms with Gasteiger partial charge in [0.15, 0.2) is 0 Å². The van der Waals surface area contributed by atoms with Crippen LogP contribution < -0.4 is 10.1 Å². The first-order valence-electron chi connectivity index (χ1n) is 9.07. The first-order valence-corrected chi connectivity index (χ1v) is 9.07. The predicted octanol–water partition coefficient (Wildman–Crippen LogP) is 2.61. The van der Waals surface area contributed by atoms with Crippen LogP contribution in [-0.4, -0.2) is 54.9 Å². The van der Waals surface area contributed by atoms with Crippen LogP contribution in [-0.2, 0) is 11.3 Å². The third-order valence-corrected chi connectivity index (χ3v) is 4.66. The first kappa shape index (κ1) is 18.9. The average molecular weight is 367 g/mol. The van der Waals surface area contributed by atoms with Crippen molar-refractivity contribution in [2.75, 3.05) is 38.6 Å². The summed E-state index contributed by atoms with van der Waals surface area (Å²) in [7, 11) is 1.60. The van der Waals surface area contributed by atoms with Gasteiger partial charge in [-0.2, -0.15) is 0 Å². The minimum Gasteiger partial charge on any atom is -0.497 e. The smallest absolute Gasteiger partial charge is 0.254 e. The Morgan fingerprint density at radius 2 is 1.74 bits per heavy atom. The fraction of sp³-hybridized carbons (Fsp3) is 0.333. The van der Waals surface area contributed by atoms with E-state index in [1.165, 1.54) is 12.5 Å². The summed E-state index contributed by atoms with van der Waals surface area (Å²) < 4.78 is 5.20. The van der Waals surface area contributed by atoms with Crippen molar-refractivity contribution in [1.82, 2.24) is 9.80 Å². The highest BCUT2D eigenvalue weighted by Crippen LogP contribution is 2.17. The van der Waals surface area contributed by atoms with Crippen molar-refractivity contribution in [1.29, 1.82) is 0 Å². The van der Waals surface area contributed by atoms with Gasteiger partial charge in [0.2, 0.25) is 5.91 Å². The molecule has 1 aliphatic rings. The maximum Gasteiger partial charge on any atom is 0.254 e. The summed E-state index contributed by atoms with van der Waals surface area (Å²) in [5, 5.41) is 2.77. The van der Waals surface area contributed by atoms with Gasteiger partial charge in [-0.1, -0.05) is 18.2 Å². The van der Waals surface area contributed by atoms with Gasteiger partial charge >= 0.3 is 0 Å². The molecule has 2 aromatic rings. The number of rotatable bonds is 5. The van der Waals surface area contributed by atoms with Gasteiger partial charge in [0.1, 0.15) is 5.75 Å². The quantitative estimate of drug-likeness (QED) is 0.882. The largest absolute Gasteiger partial charge is 0.497 e. The Bertz CT molecular complexity index is 797. The second kappa shape index (κ2) is 8.68. The molecule has 1 saturated heterocycles. The van der Waals surface area contributed by atoms with Crippen LogP contribution in [0.15, 0.2) is 48.5 Å². The Morgan fingerprint density at radius 1 is 1.04 bits per heavy atom. The second-order valence-electron chi connectivity index (χ2n) is 6.68. The maximum atomic E-state index is 12.7. The summed E-state index contributed by atoms with van der Waals surface area (Å²) in [6.45, 7) is 5.42. The van der Waals surface area contributed by atoms with Gasteiger partial charge in [-0.3, -0.25) is 14.5 Å². The molecule has 27 heavy (non-hydrogen) atoms. The van der Waals surface area contributed by atoms with Crippen LogP contribution in [0.1, 0.15) is 22.8 Å². The number of amides is 2. The molecule has 6 heteroatoms. The number of piperazine rings is 1. The van der Waals surface area contributed by atoms with Crippen molar-refractivity contribution in [3.63, 3.8) is 0 Å². The van der Waals surface area contributed by atoms with E-state index >= 15 is 0 Å². The fourth-order valence-corrected chi connectivity index (χ4v) is 3.20. The molecule has 0 aliphatic carbocycles. The van der Waals surface area contributed by atoms with Crippen molar-refractivity contribution in [2.45, 2.75) is 13.5 Å². The number of hydrogen-bond donors (Lipinski definition) is 1. The standard InChI is InChI=1S/C21H25N3O3/c1-16(25)22-19-8-6-17(7-9-19)15-23-10-12-24(13-11-23)21(26)18-4-3-5-20(14-18)27-2/h3-9,14H,10-13,15H2,1-2H3,(H,22,25). The molecule has 0 atom stereocenters. The van der Waals surface area contributed by atoms with E-state index in [1.807, 2.05) is 47.4 Å². The van der Waals surface area contributed by atoms with Gasteiger partial charge in [-0.25, -0.2) is 0 Å². The SMILES string of the molecule is COc1cccc(C(=O)N2CCN(Cc3ccc(NC(C)=O)cc3)CC2)c1. The van der Waals surface area contributed by atoms with E-state index in [0.717, 1.165) is 25.3 Å². The molecule has 1 aliphatic heterocycles. The molecular formula is C21H25N3O3. The molecule has 0 spiro atoms. The Kier molecular flexibility index (Phi) is 6.08. The zero-order valence-corrected chi connectivity index (χ0v) is 15.8. The maximum absolute atomic E-state index is 12.7. The topological polar surface area (TPSA) is 61.9 Å². The number of carbonyl (C=O) groups is 2. The third-order valence-electron chi connectivity index (χ3n) is 4.66. The van der Waals surface area contributed by atoms with Gasteiger partial charge in [-0.05, 0) is 35.9 Å². The van der Waals surface area contributed by atoms with E-state index in [9.17, 15) is 9.59 Å². The van der Waals surface area contributed by atoms with Crippen LogP contribution in [0.5, 0.6) is 5.75 Å². The van der Waals surface area contributed by atoms with E-state index in [1.54, 1.807) is 13.2 Å². The number of anilines is 1. The Hall–Kier alpha value is -2.86. The summed E-state index contributed by atoms with van der Waals surface area (Å²) in [6.07, 6.45) is 0. The zero-order valence-electron chi connectivity index (χ0n) is 15.8. The normalized spacial score (nSPS) is 14.7. The number of hydrogen-bond acceptors (Lipinski definition) is 4. The van der Waals surface area contributed by atoms with Crippen LogP contribution in [0.3, 0.4) is 0 Å². The first-order chi connectivity index (χ1) is 13.0. The highest BCUT2D eigenvalue weighted by Gasteiger charge is 2.22. The molecule has 1 fully saturated rings. The predicted molar refractivity (Wildman–Crippen MR) is 105 cm³/mol. The van der Waals surface area contributed by atoms with Crippen LogP contribution in [0.4, 0.5) is 5.69 Å². The average Bonchev–Trinajstić information content (AvgIpc) is 2.69. The molecule has 2 amide bonds. The lowest BCUT2D eigenvalue weighted by molar-refractivity contribution is -0.114. The summed E-state index contributed by atoms with van der Waals surface area (Å²) in [6, 6.07) is 15.2. The minimum absolute atomic E-state index is 0.0493. The van der Waals surface area contributed by atoms with Crippen molar-refractivity contribution in [3.8, 4) is 5.75 Å². The Labute approximate surface area is 159 Å². The van der Waals surface area contributed by atoms with Gasteiger partial charge in [-0.15, -0.1) is 0 Å². The number of ether oxygens (including phenoxy) is 1. The molecule has 0 bridgehead atoms. The molecule has 0 radical (unpaired) electrons. The molecular weight excluding hydrogens is 342 g/mol. The van der Waals surface area contributed by atoms with Gasteiger partial charge < -0.3 is 15.0 Å². The van der Waals surface area contributed by atoms with Crippen LogP contribution in [0.25, 0.3) is 0 Å². The highest BCUT2D eigenvalue weighted by molar-refractivity contribution is 5.94. The lowest BCUT2D eigenvalue weighted by Gasteiger charge is -2.34. The van der Waals surface area contributed by atoms with Crippen molar-refractivity contribution in [3.05, 3.63) is 59.7 Å². The Balaban J connectivity index is 1.52. The molecule has 0 saturated carbocycles. The molecule has 1 heterocycles. The fourth-order valence-electron chi connectivity index (χ4n) is 3.20. The molecule has 3 rings (SSSR count). The van der Waals surface area contributed by atoms with Crippen LogP contribution in [0.2, 0.25) is 0 Å². The second-order valence-corrected chi connectivity index (χ2v) is 6.68. The van der Waals surface area contributed by atoms with E-state index < -0.39 is 0 Å². The lowest BCUT2D eigenvalue weighted by atomic mass is 10.1. The van der Waals surface area contributed by atoms with Crippen LogP contribution >= 0.6 is 0 Å². The third kappa shape index (κ3) is 5.08. The highest BCUT2D eigenvalue weighted by atomic mass is 16.5. The monoisotopic (exact) mass is 367 g/mol. The zero-order chi connectivity index (χ0) is 19.2. The van der Waals surface area contributed by atoms with E-state index in [-0.39, 0.29) is 11.8 Å². The Morgan fingerprint density at radius 3 is 2.37 bits per heavy atom. The summed E-state index contributed by atoms with van der Waals surface area (Å²) in [5.41, 5.74) is 2.66. The number of carbonyl (C=O) groups excluding carboxylic acids is 2. The lowest BCUT2D eigenvalue weighted by Crippen LogP contribution is -2.48. The number of methoxy groups -OCH3 is 1. The number of benzene rings is 2. The van der Waals surface area contributed by atoms with Crippen molar-refractivity contribution in [2.24, 2.45) is 0 Å². The van der Waals surface area contributed by atoms with Gasteiger partial charge in [0.05, 0.1) is 7.11 Å².